The van der Waals surface area contributed by atoms with Crippen molar-refractivity contribution in [1.82, 2.24) is 14.7 Å². The molecular formula is C19H30N4O2. The van der Waals surface area contributed by atoms with Crippen molar-refractivity contribution in [3.05, 3.63) is 35.9 Å². The second kappa shape index (κ2) is 8.45. The minimum Gasteiger partial charge on any atom is -0.338 e. The third kappa shape index (κ3) is 4.58. The first kappa shape index (κ1) is 19.4. The number of piperazine rings is 1. The van der Waals surface area contributed by atoms with E-state index in [-0.39, 0.29) is 11.8 Å². The van der Waals surface area contributed by atoms with E-state index in [9.17, 15) is 9.59 Å². The largest absolute Gasteiger partial charge is 0.338 e. The van der Waals surface area contributed by atoms with Gasteiger partial charge in [-0.25, -0.2) is 0 Å². The number of carbonyl (C=O) groups is 2. The molecule has 6 heteroatoms. The summed E-state index contributed by atoms with van der Waals surface area (Å²) < 4.78 is 0. The molecule has 2 N–H and O–H groups in total. The van der Waals surface area contributed by atoms with E-state index < -0.39 is 5.54 Å². The number of carbonyl (C=O) groups excluding carboxylic acids is 2. The van der Waals surface area contributed by atoms with Crippen LogP contribution in [0.4, 0.5) is 0 Å². The molecule has 138 valence electrons. The second-order valence-electron chi connectivity index (χ2n) is 6.70. The Labute approximate surface area is 150 Å². The predicted octanol–water partition coefficient (Wildman–Crippen LogP) is 0.873. The number of amides is 2. The van der Waals surface area contributed by atoms with Gasteiger partial charge in [0.05, 0.1) is 6.54 Å². The van der Waals surface area contributed by atoms with Gasteiger partial charge < -0.3 is 15.5 Å². The zero-order chi connectivity index (χ0) is 18.4. The highest BCUT2D eigenvalue weighted by Gasteiger charge is 2.36. The molecule has 0 aliphatic carbocycles. The lowest BCUT2D eigenvalue weighted by Crippen LogP contribution is -2.58. The molecule has 2 rings (SSSR count). The quantitative estimate of drug-likeness (QED) is 0.830. The zero-order valence-corrected chi connectivity index (χ0v) is 15.6. The van der Waals surface area contributed by atoms with Crippen molar-refractivity contribution in [3.63, 3.8) is 0 Å². The zero-order valence-electron chi connectivity index (χ0n) is 15.6. The van der Waals surface area contributed by atoms with Crippen LogP contribution in [-0.4, -0.2) is 72.3 Å². The molecule has 0 aromatic heterocycles. The number of rotatable bonds is 6. The lowest BCUT2D eigenvalue weighted by molar-refractivity contribution is -0.143. The average molecular weight is 346 g/mol. The minimum atomic E-state index is -1.05. The van der Waals surface area contributed by atoms with Gasteiger partial charge in [-0.05, 0) is 25.6 Å². The van der Waals surface area contributed by atoms with Gasteiger partial charge in [0.2, 0.25) is 11.8 Å². The molecule has 6 nitrogen and oxygen atoms in total. The van der Waals surface area contributed by atoms with Crippen LogP contribution in [-0.2, 0) is 15.1 Å². The first-order chi connectivity index (χ1) is 11.9. The Bertz CT molecular complexity index is 576. The maximum atomic E-state index is 12.9. The highest BCUT2D eigenvalue weighted by molar-refractivity contribution is 5.87. The molecule has 0 bridgehead atoms. The molecule has 0 saturated carbocycles. The molecule has 0 spiro atoms. The van der Waals surface area contributed by atoms with Crippen LogP contribution in [0, 0.1) is 0 Å². The van der Waals surface area contributed by atoms with Crippen molar-refractivity contribution in [3.8, 4) is 0 Å². The van der Waals surface area contributed by atoms with Crippen molar-refractivity contribution in [2.45, 2.75) is 26.3 Å². The second-order valence-corrected chi connectivity index (χ2v) is 6.70. The Morgan fingerprint density at radius 1 is 1.04 bits per heavy atom. The number of nitrogens with zero attached hydrogens (tertiary/aromatic N) is 3. The molecule has 1 saturated heterocycles. The lowest BCUT2D eigenvalue weighted by atomic mass is 9.91. The number of likely N-dealkylation sites (N-methyl/N-ethyl adjacent to an activating group) is 1. The van der Waals surface area contributed by atoms with E-state index in [1.807, 2.05) is 35.2 Å². The monoisotopic (exact) mass is 346 g/mol. The molecular weight excluding hydrogens is 316 g/mol. The number of hydrogen-bond donors (Lipinski definition) is 1. The molecule has 1 aliphatic rings. The van der Waals surface area contributed by atoms with Crippen LogP contribution < -0.4 is 5.73 Å². The van der Waals surface area contributed by atoms with E-state index in [0.717, 1.165) is 18.7 Å². The normalized spacial score (nSPS) is 17.5. The van der Waals surface area contributed by atoms with Gasteiger partial charge in [-0.2, -0.15) is 0 Å². The highest BCUT2D eigenvalue weighted by atomic mass is 16.2. The van der Waals surface area contributed by atoms with E-state index in [2.05, 4.69) is 18.7 Å². The van der Waals surface area contributed by atoms with Crippen LogP contribution >= 0.6 is 0 Å². The van der Waals surface area contributed by atoms with E-state index in [1.54, 1.807) is 11.8 Å². The van der Waals surface area contributed by atoms with Gasteiger partial charge in [-0.3, -0.25) is 14.5 Å². The SMILES string of the molecule is CCN(CC)CC(=O)N1CCN(C(=O)C(C)(N)c2ccccc2)CC1. The van der Waals surface area contributed by atoms with Crippen molar-refractivity contribution >= 4 is 11.8 Å². The number of hydrogen-bond acceptors (Lipinski definition) is 4. The predicted molar refractivity (Wildman–Crippen MR) is 98.9 cm³/mol. The van der Waals surface area contributed by atoms with Gasteiger partial charge in [-0.1, -0.05) is 44.2 Å². The summed E-state index contributed by atoms with van der Waals surface area (Å²) in [6, 6.07) is 9.43. The fourth-order valence-electron chi connectivity index (χ4n) is 3.13. The van der Waals surface area contributed by atoms with Crippen LogP contribution in [0.2, 0.25) is 0 Å². The highest BCUT2D eigenvalue weighted by Crippen LogP contribution is 2.21. The van der Waals surface area contributed by atoms with E-state index in [0.29, 0.717) is 32.7 Å². The molecule has 1 atom stereocenters. The van der Waals surface area contributed by atoms with Crippen LogP contribution in [0.25, 0.3) is 0 Å². The van der Waals surface area contributed by atoms with Gasteiger partial charge in [0, 0.05) is 26.2 Å². The standard InChI is InChI=1S/C19H30N4O2/c1-4-21(5-2)15-17(24)22-11-13-23(14-12-22)18(25)19(3,20)16-9-7-6-8-10-16/h6-10H,4-5,11-15,20H2,1-3H3. The smallest absolute Gasteiger partial charge is 0.247 e. The molecule has 1 fully saturated rings. The Hall–Kier alpha value is -1.92. The summed E-state index contributed by atoms with van der Waals surface area (Å²) in [5, 5.41) is 0. The Morgan fingerprint density at radius 3 is 2.08 bits per heavy atom. The van der Waals surface area contributed by atoms with Gasteiger partial charge >= 0.3 is 0 Å². The molecule has 1 aromatic carbocycles. The van der Waals surface area contributed by atoms with E-state index in [1.165, 1.54) is 0 Å². The topological polar surface area (TPSA) is 69.9 Å². The molecule has 2 amide bonds. The minimum absolute atomic E-state index is 0.0884. The summed E-state index contributed by atoms with van der Waals surface area (Å²) in [4.78, 5) is 31.0. The van der Waals surface area contributed by atoms with Gasteiger partial charge in [-0.15, -0.1) is 0 Å². The van der Waals surface area contributed by atoms with Crippen molar-refractivity contribution in [2.24, 2.45) is 5.73 Å². The van der Waals surface area contributed by atoms with Crippen LogP contribution in [0.15, 0.2) is 30.3 Å². The van der Waals surface area contributed by atoms with E-state index >= 15 is 0 Å². The van der Waals surface area contributed by atoms with Gasteiger partial charge in [0.15, 0.2) is 0 Å². The van der Waals surface area contributed by atoms with Gasteiger partial charge in [0.25, 0.3) is 0 Å². The van der Waals surface area contributed by atoms with Crippen LogP contribution in [0.3, 0.4) is 0 Å². The number of benzene rings is 1. The van der Waals surface area contributed by atoms with E-state index in [4.69, 9.17) is 5.73 Å². The summed E-state index contributed by atoms with van der Waals surface area (Å²) >= 11 is 0. The maximum Gasteiger partial charge on any atom is 0.247 e. The summed E-state index contributed by atoms with van der Waals surface area (Å²) in [5.74, 6) is 0.0453. The molecule has 25 heavy (non-hydrogen) atoms. The summed E-state index contributed by atoms with van der Waals surface area (Å²) in [7, 11) is 0. The van der Waals surface area contributed by atoms with Crippen molar-refractivity contribution in [2.75, 3.05) is 45.8 Å². The lowest BCUT2D eigenvalue weighted by Gasteiger charge is -2.39. The Morgan fingerprint density at radius 2 is 1.56 bits per heavy atom. The first-order valence-electron chi connectivity index (χ1n) is 9.04. The first-order valence-corrected chi connectivity index (χ1v) is 9.04. The summed E-state index contributed by atoms with van der Waals surface area (Å²) in [5.41, 5.74) is 6.09. The molecule has 1 aromatic rings. The third-order valence-electron chi connectivity index (χ3n) is 4.99. The number of nitrogens with two attached hydrogens (primary N) is 1. The Balaban J connectivity index is 1.93. The maximum absolute atomic E-state index is 12.9. The summed E-state index contributed by atoms with van der Waals surface area (Å²) in [6.07, 6.45) is 0. The fourth-order valence-corrected chi connectivity index (χ4v) is 3.13. The molecule has 1 heterocycles. The van der Waals surface area contributed by atoms with Gasteiger partial charge in [0.1, 0.15) is 5.54 Å². The summed E-state index contributed by atoms with van der Waals surface area (Å²) in [6.45, 7) is 10.2. The molecule has 1 aliphatic heterocycles. The Kier molecular flexibility index (Phi) is 6.56. The van der Waals surface area contributed by atoms with Crippen molar-refractivity contribution in [1.29, 1.82) is 0 Å². The average Bonchev–Trinajstić information content (AvgIpc) is 2.66. The fraction of sp³-hybridized carbons (Fsp3) is 0.579. The van der Waals surface area contributed by atoms with Crippen LogP contribution in [0.1, 0.15) is 26.3 Å². The third-order valence-corrected chi connectivity index (χ3v) is 4.99. The van der Waals surface area contributed by atoms with Crippen LogP contribution in [0.5, 0.6) is 0 Å². The molecule has 1 unspecified atom stereocenters. The van der Waals surface area contributed by atoms with Crippen molar-refractivity contribution < 1.29 is 9.59 Å². The molecule has 0 radical (unpaired) electrons.